The van der Waals surface area contributed by atoms with E-state index in [-0.39, 0.29) is 35.4 Å². The smallest absolute Gasteiger partial charge is 0.242 e. The number of nitrogens with one attached hydrogen (secondary N) is 3. The number of benzene rings is 1. The highest BCUT2D eigenvalue weighted by Crippen LogP contribution is 2.15. The highest BCUT2D eigenvalue weighted by molar-refractivity contribution is 14.0. The fourth-order valence-corrected chi connectivity index (χ4v) is 3.82. The van der Waals surface area contributed by atoms with Gasteiger partial charge in [0, 0.05) is 49.7 Å². The average molecular weight is 521 g/mol. The molecule has 0 aliphatic carbocycles. The third-order valence-corrected chi connectivity index (χ3v) is 5.74. The summed E-state index contributed by atoms with van der Waals surface area (Å²) in [6, 6.07) is 13.3. The zero-order valence-corrected chi connectivity index (χ0v) is 18.9. The van der Waals surface area contributed by atoms with E-state index in [0.717, 1.165) is 12.3 Å². The van der Waals surface area contributed by atoms with Crippen LogP contribution in [0.4, 0.5) is 0 Å². The summed E-state index contributed by atoms with van der Waals surface area (Å²) >= 11 is 1.76. The Hall–Kier alpha value is -1.37. The molecular formula is C17H24IN5O2S2. The third kappa shape index (κ3) is 8.91. The van der Waals surface area contributed by atoms with Crippen molar-refractivity contribution in [3.8, 4) is 0 Å². The number of rotatable bonds is 9. The van der Waals surface area contributed by atoms with E-state index in [0.29, 0.717) is 12.5 Å². The molecule has 10 heteroatoms. The van der Waals surface area contributed by atoms with Crippen molar-refractivity contribution in [2.45, 2.75) is 9.79 Å². The van der Waals surface area contributed by atoms with Gasteiger partial charge < -0.3 is 10.6 Å². The van der Waals surface area contributed by atoms with Crippen molar-refractivity contribution in [3.05, 3.63) is 54.9 Å². The molecule has 0 bridgehead atoms. The van der Waals surface area contributed by atoms with Gasteiger partial charge in [-0.2, -0.15) is 0 Å². The Morgan fingerprint density at radius 3 is 2.48 bits per heavy atom. The summed E-state index contributed by atoms with van der Waals surface area (Å²) in [5.41, 5.74) is 0. The Morgan fingerprint density at radius 2 is 1.81 bits per heavy atom. The van der Waals surface area contributed by atoms with Gasteiger partial charge in [-0.3, -0.25) is 9.98 Å². The van der Waals surface area contributed by atoms with Crippen molar-refractivity contribution < 1.29 is 8.42 Å². The predicted octanol–water partition coefficient (Wildman–Crippen LogP) is 1.94. The monoisotopic (exact) mass is 521 g/mol. The molecule has 0 unspecified atom stereocenters. The molecule has 0 aliphatic heterocycles. The number of pyridine rings is 1. The zero-order chi connectivity index (χ0) is 18.7. The van der Waals surface area contributed by atoms with Crippen LogP contribution in [0, 0.1) is 0 Å². The molecule has 7 nitrogen and oxygen atoms in total. The molecule has 0 aliphatic rings. The highest BCUT2D eigenvalue weighted by atomic mass is 127. The van der Waals surface area contributed by atoms with E-state index < -0.39 is 10.0 Å². The van der Waals surface area contributed by atoms with Crippen molar-refractivity contribution in [1.82, 2.24) is 20.3 Å². The summed E-state index contributed by atoms with van der Waals surface area (Å²) in [6.07, 6.45) is 2.85. The van der Waals surface area contributed by atoms with Gasteiger partial charge >= 0.3 is 0 Å². The lowest BCUT2D eigenvalue weighted by Crippen LogP contribution is -2.42. The number of guanidine groups is 1. The van der Waals surface area contributed by atoms with Crippen LogP contribution in [0.5, 0.6) is 0 Å². The van der Waals surface area contributed by atoms with E-state index in [1.165, 1.54) is 23.4 Å². The maximum atomic E-state index is 12.1. The van der Waals surface area contributed by atoms with Crippen LogP contribution in [0.15, 0.2) is 69.6 Å². The van der Waals surface area contributed by atoms with Crippen LogP contribution in [0.3, 0.4) is 0 Å². The molecule has 148 valence electrons. The molecule has 0 spiro atoms. The molecule has 0 atom stereocenters. The normalized spacial score (nSPS) is 11.5. The second kappa shape index (κ2) is 12.9. The van der Waals surface area contributed by atoms with Gasteiger partial charge in [0.1, 0.15) is 4.90 Å². The van der Waals surface area contributed by atoms with Gasteiger partial charge in [0.05, 0.1) is 0 Å². The number of halogens is 1. The molecule has 27 heavy (non-hydrogen) atoms. The van der Waals surface area contributed by atoms with E-state index in [1.54, 1.807) is 24.9 Å². The number of aromatic nitrogens is 1. The van der Waals surface area contributed by atoms with E-state index >= 15 is 0 Å². The third-order valence-electron chi connectivity index (χ3n) is 3.28. The first-order valence-corrected chi connectivity index (χ1v) is 10.6. The lowest BCUT2D eigenvalue weighted by atomic mass is 10.4. The zero-order valence-electron chi connectivity index (χ0n) is 15.0. The maximum Gasteiger partial charge on any atom is 0.242 e. The van der Waals surface area contributed by atoms with Crippen molar-refractivity contribution in [1.29, 1.82) is 0 Å². The predicted molar refractivity (Wildman–Crippen MR) is 121 cm³/mol. The van der Waals surface area contributed by atoms with E-state index in [2.05, 4.69) is 37.5 Å². The van der Waals surface area contributed by atoms with Crippen LogP contribution in [0.2, 0.25) is 0 Å². The van der Waals surface area contributed by atoms with E-state index in [1.807, 2.05) is 18.2 Å². The summed E-state index contributed by atoms with van der Waals surface area (Å²) in [5, 5.41) is 6.28. The summed E-state index contributed by atoms with van der Waals surface area (Å²) in [7, 11) is -1.85. The van der Waals surface area contributed by atoms with Crippen LogP contribution in [-0.4, -0.2) is 51.8 Å². The molecule has 0 saturated carbocycles. The lowest BCUT2D eigenvalue weighted by molar-refractivity contribution is 0.580. The van der Waals surface area contributed by atoms with Gasteiger partial charge in [0.15, 0.2) is 5.96 Å². The summed E-state index contributed by atoms with van der Waals surface area (Å²) in [5.74, 6) is 1.54. The molecule has 2 rings (SSSR count). The lowest BCUT2D eigenvalue weighted by Gasteiger charge is -2.12. The van der Waals surface area contributed by atoms with Crippen LogP contribution in [0.25, 0.3) is 0 Å². The second-order valence-electron chi connectivity index (χ2n) is 5.17. The molecule has 0 amide bonds. The summed E-state index contributed by atoms with van der Waals surface area (Å²) < 4.78 is 26.7. The Morgan fingerprint density at radius 1 is 1.07 bits per heavy atom. The molecule has 1 aromatic carbocycles. The van der Waals surface area contributed by atoms with Crippen molar-refractivity contribution >= 4 is 51.7 Å². The fourth-order valence-electron chi connectivity index (χ4n) is 2.03. The van der Waals surface area contributed by atoms with Crippen LogP contribution in [-0.2, 0) is 10.0 Å². The van der Waals surface area contributed by atoms with Crippen molar-refractivity contribution in [3.63, 3.8) is 0 Å². The molecule has 0 radical (unpaired) electrons. The minimum absolute atomic E-state index is 0. The first kappa shape index (κ1) is 23.7. The standard InChI is InChI=1S/C17H23N5O2S2.HI/c1-18-17(21-12-13-25-15-6-3-2-4-7-15)20-10-11-22-26(23,24)16-8-5-9-19-14-16;/h2-9,14,22H,10-13H2,1H3,(H2,18,20,21);1H. The molecule has 3 N–H and O–H groups in total. The number of hydrogen-bond donors (Lipinski definition) is 3. The first-order chi connectivity index (χ1) is 12.6. The minimum Gasteiger partial charge on any atom is -0.356 e. The molecule has 1 aromatic heterocycles. The van der Waals surface area contributed by atoms with E-state index in [4.69, 9.17) is 0 Å². The molecule has 2 aromatic rings. The largest absolute Gasteiger partial charge is 0.356 e. The van der Waals surface area contributed by atoms with Gasteiger partial charge in [-0.1, -0.05) is 18.2 Å². The summed E-state index contributed by atoms with van der Waals surface area (Å²) in [4.78, 5) is 9.32. The topological polar surface area (TPSA) is 95.5 Å². The van der Waals surface area contributed by atoms with Crippen LogP contribution < -0.4 is 15.4 Å². The Kier molecular flexibility index (Phi) is 11.3. The van der Waals surface area contributed by atoms with E-state index in [9.17, 15) is 8.42 Å². The number of aliphatic imine (C=N–C) groups is 1. The Labute approximate surface area is 181 Å². The maximum absolute atomic E-state index is 12.1. The average Bonchev–Trinajstić information content (AvgIpc) is 2.68. The minimum atomic E-state index is -3.53. The highest BCUT2D eigenvalue weighted by Gasteiger charge is 2.12. The Balaban J connectivity index is 0.00000364. The molecule has 1 heterocycles. The van der Waals surface area contributed by atoms with Gasteiger partial charge in [-0.05, 0) is 24.3 Å². The van der Waals surface area contributed by atoms with Gasteiger partial charge in [0.2, 0.25) is 10.0 Å². The quantitative estimate of drug-likeness (QED) is 0.154. The van der Waals surface area contributed by atoms with Crippen molar-refractivity contribution in [2.24, 2.45) is 4.99 Å². The number of nitrogens with zero attached hydrogens (tertiary/aromatic N) is 2. The number of thioether (sulfide) groups is 1. The van der Waals surface area contributed by atoms with Crippen LogP contribution in [0.1, 0.15) is 0 Å². The number of sulfonamides is 1. The van der Waals surface area contributed by atoms with Crippen molar-refractivity contribution in [2.75, 3.05) is 32.4 Å². The number of hydrogen-bond acceptors (Lipinski definition) is 5. The SMILES string of the molecule is CN=C(NCCNS(=O)(=O)c1cccnc1)NCCSc1ccccc1.I. The molecular weight excluding hydrogens is 497 g/mol. The van der Waals surface area contributed by atoms with Gasteiger partial charge in [0.25, 0.3) is 0 Å². The Bertz CT molecular complexity index is 789. The van der Waals surface area contributed by atoms with Crippen LogP contribution >= 0.6 is 35.7 Å². The molecule has 0 saturated heterocycles. The first-order valence-electron chi connectivity index (χ1n) is 8.14. The second-order valence-corrected chi connectivity index (χ2v) is 8.11. The van der Waals surface area contributed by atoms with Gasteiger partial charge in [-0.25, -0.2) is 13.1 Å². The van der Waals surface area contributed by atoms with Gasteiger partial charge in [-0.15, -0.1) is 35.7 Å². The summed E-state index contributed by atoms with van der Waals surface area (Å²) in [6.45, 7) is 1.42. The fraction of sp³-hybridized carbons (Fsp3) is 0.294. The molecule has 0 fully saturated rings.